The van der Waals surface area contributed by atoms with Crippen LogP contribution in [0.15, 0.2) is 36.1 Å². The molecule has 29 heavy (non-hydrogen) atoms. The average molecular weight is 429 g/mol. The van der Waals surface area contributed by atoms with Crippen molar-refractivity contribution in [1.82, 2.24) is 24.2 Å². The summed E-state index contributed by atoms with van der Waals surface area (Å²) < 4.78 is 4.43. The summed E-state index contributed by atoms with van der Waals surface area (Å²) in [6.45, 7) is 6.36. The summed E-state index contributed by atoms with van der Waals surface area (Å²) in [6.07, 6.45) is 5.33. The highest BCUT2D eigenvalue weighted by atomic mass is 32.1. The van der Waals surface area contributed by atoms with E-state index in [0.717, 1.165) is 30.6 Å². The van der Waals surface area contributed by atoms with Gasteiger partial charge in [-0.25, -0.2) is 9.67 Å². The maximum absolute atomic E-state index is 12.6. The summed E-state index contributed by atoms with van der Waals surface area (Å²) in [5, 5.41) is 9.94. The first-order valence-electron chi connectivity index (χ1n) is 9.66. The van der Waals surface area contributed by atoms with Gasteiger partial charge in [0, 0.05) is 18.1 Å². The van der Waals surface area contributed by atoms with E-state index in [1.54, 1.807) is 12.5 Å². The van der Waals surface area contributed by atoms with E-state index in [2.05, 4.69) is 52.3 Å². The van der Waals surface area contributed by atoms with Crippen molar-refractivity contribution in [1.29, 1.82) is 0 Å². The molecule has 2 aromatic heterocycles. The van der Waals surface area contributed by atoms with Crippen molar-refractivity contribution in [3.05, 3.63) is 52.0 Å². The molecule has 1 fully saturated rings. The minimum atomic E-state index is -0.0525. The molecule has 152 valence electrons. The Hall–Kier alpha value is -2.36. The van der Waals surface area contributed by atoms with Gasteiger partial charge in [0.2, 0.25) is 10.7 Å². The normalized spacial score (nSPS) is 17.4. The van der Waals surface area contributed by atoms with Crippen molar-refractivity contribution in [2.45, 2.75) is 33.4 Å². The SMILES string of the molecule is Cc1ccc(-n2cnn(CN3CCCC(C(=O)Nc4nccs4)C3)c2=S)c(C)c1. The lowest BCUT2D eigenvalue weighted by molar-refractivity contribution is -0.121. The second-order valence-electron chi connectivity index (χ2n) is 7.46. The molecular formula is C20H24N6OS2. The van der Waals surface area contributed by atoms with E-state index >= 15 is 0 Å². The molecule has 7 nitrogen and oxygen atoms in total. The van der Waals surface area contributed by atoms with Gasteiger partial charge in [-0.15, -0.1) is 11.3 Å². The molecule has 0 radical (unpaired) electrons. The number of piperidine rings is 1. The van der Waals surface area contributed by atoms with E-state index in [9.17, 15) is 4.79 Å². The number of aromatic nitrogens is 4. The fourth-order valence-electron chi connectivity index (χ4n) is 3.76. The zero-order chi connectivity index (χ0) is 20.4. The Morgan fingerprint density at radius 3 is 3.00 bits per heavy atom. The summed E-state index contributed by atoms with van der Waals surface area (Å²) in [5.41, 5.74) is 3.43. The second-order valence-corrected chi connectivity index (χ2v) is 8.72. The van der Waals surface area contributed by atoms with Crippen molar-refractivity contribution in [2.24, 2.45) is 5.92 Å². The molecule has 1 aliphatic heterocycles. The van der Waals surface area contributed by atoms with Crippen LogP contribution in [-0.2, 0) is 11.5 Å². The predicted octanol–water partition coefficient (Wildman–Crippen LogP) is 3.78. The Labute approximate surface area is 179 Å². The molecule has 1 saturated heterocycles. The number of carbonyl (C=O) groups is 1. The van der Waals surface area contributed by atoms with E-state index in [1.807, 2.05) is 14.6 Å². The van der Waals surface area contributed by atoms with Crippen LogP contribution >= 0.6 is 23.6 Å². The number of aryl methyl sites for hydroxylation is 2. The van der Waals surface area contributed by atoms with Crippen molar-refractivity contribution in [3.63, 3.8) is 0 Å². The van der Waals surface area contributed by atoms with E-state index in [4.69, 9.17) is 12.2 Å². The van der Waals surface area contributed by atoms with Crippen molar-refractivity contribution < 1.29 is 4.79 Å². The van der Waals surface area contributed by atoms with Gasteiger partial charge in [0.1, 0.15) is 6.33 Å². The maximum atomic E-state index is 12.6. The number of anilines is 1. The molecule has 0 saturated carbocycles. The molecule has 9 heteroatoms. The third-order valence-electron chi connectivity index (χ3n) is 5.22. The van der Waals surface area contributed by atoms with E-state index in [-0.39, 0.29) is 11.8 Å². The molecule has 3 aromatic rings. The minimum absolute atomic E-state index is 0.0362. The van der Waals surface area contributed by atoms with Crippen molar-refractivity contribution in [3.8, 4) is 5.69 Å². The van der Waals surface area contributed by atoms with Crippen molar-refractivity contribution in [2.75, 3.05) is 18.4 Å². The predicted molar refractivity (Wildman–Crippen MR) is 117 cm³/mol. The third-order valence-corrected chi connectivity index (χ3v) is 6.31. The van der Waals surface area contributed by atoms with Gasteiger partial charge in [0.15, 0.2) is 5.13 Å². The summed E-state index contributed by atoms with van der Waals surface area (Å²) in [5.74, 6) is -0.0164. The van der Waals surface area contributed by atoms with Crippen LogP contribution in [0.5, 0.6) is 0 Å². The number of benzene rings is 1. The number of hydrogen-bond donors (Lipinski definition) is 1. The molecule has 3 heterocycles. The fourth-order valence-corrected chi connectivity index (χ4v) is 4.54. The van der Waals surface area contributed by atoms with E-state index < -0.39 is 0 Å². The molecule has 1 unspecified atom stereocenters. The lowest BCUT2D eigenvalue weighted by atomic mass is 9.97. The Morgan fingerprint density at radius 2 is 2.24 bits per heavy atom. The molecule has 1 atom stereocenters. The molecular weight excluding hydrogens is 404 g/mol. The number of amides is 1. The topological polar surface area (TPSA) is 68.0 Å². The van der Waals surface area contributed by atoms with Crippen molar-refractivity contribution >= 4 is 34.6 Å². The molecule has 1 aromatic carbocycles. The Morgan fingerprint density at radius 1 is 1.38 bits per heavy atom. The Balaban J connectivity index is 1.44. The first-order chi connectivity index (χ1) is 14.0. The summed E-state index contributed by atoms with van der Waals surface area (Å²) >= 11 is 7.11. The molecule has 0 bridgehead atoms. The zero-order valence-corrected chi connectivity index (χ0v) is 18.2. The van der Waals surface area contributed by atoms with Crippen LogP contribution in [0.3, 0.4) is 0 Å². The van der Waals surface area contributed by atoms with Crippen LogP contribution in [-0.4, -0.2) is 43.2 Å². The zero-order valence-electron chi connectivity index (χ0n) is 16.5. The van der Waals surface area contributed by atoms with Crippen LogP contribution in [0.25, 0.3) is 5.69 Å². The number of likely N-dealkylation sites (tertiary alicyclic amines) is 1. The molecule has 1 amide bonds. The monoisotopic (exact) mass is 428 g/mol. The van der Waals surface area contributed by atoms with Gasteiger partial charge in [0.05, 0.1) is 18.3 Å². The van der Waals surface area contributed by atoms with Gasteiger partial charge < -0.3 is 5.32 Å². The van der Waals surface area contributed by atoms with Crippen LogP contribution in [0, 0.1) is 24.5 Å². The number of nitrogens with one attached hydrogen (secondary N) is 1. The number of hydrogen-bond acceptors (Lipinski definition) is 6. The van der Waals surface area contributed by atoms with Gasteiger partial charge in [-0.05, 0) is 57.1 Å². The van der Waals surface area contributed by atoms with Crippen LogP contribution in [0.1, 0.15) is 24.0 Å². The first kappa shape index (κ1) is 19.9. The summed E-state index contributed by atoms with van der Waals surface area (Å²) in [4.78, 5) is 18.9. The average Bonchev–Trinajstić information content (AvgIpc) is 3.33. The smallest absolute Gasteiger partial charge is 0.230 e. The van der Waals surface area contributed by atoms with Crippen LogP contribution < -0.4 is 5.32 Å². The Bertz CT molecular complexity index is 1060. The van der Waals surface area contributed by atoms with E-state index in [1.165, 1.54) is 16.9 Å². The summed E-state index contributed by atoms with van der Waals surface area (Å²) in [7, 11) is 0. The fraction of sp³-hybridized carbons (Fsp3) is 0.400. The highest BCUT2D eigenvalue weighted by Gasteiger charge is 2.26. The minimum Gasteiger partial charge on any atom is -0.302 e. The molecule has 4 rings (SSSR count). The number of thiazole rings is 1. The molecule has 0 aliphatic carbocycles. The van der Waals surface area contributed by atoms with Crippen LogP contribution in [0.2, 0.25) is 0 Å². The number of nitrogens with zero attached hydrogens (tertiary/aromatic N) is 5. The molecule has 0 spiro atoms. The van der Waals surface area contributed by atoms with Gasteiger partial charge in [-0.1, -0.05) is 17.7 Å². The standard InChI is InChI=1S/C20H24N6OS2/c1-14-5-6-17(15(2)10-14)25-12-22-26(20(25)28)13-24-8-3-4-16(11-24)18(27)23-19-21-7-9-29-19/h5-7,9-10,12,16H,3-4,8,11,13H2,1-2H3,(H,21,23,27). The lowest BCUT2D eigenvalue weighted by Gasteiger charge is -2.31. The lowest BCUT2D eigenvalue weighted by Crippen LogP contribution is -2.41. The van der Waals surface area contributed by atoms with Crippen LogP contribution in [0.4, 0.5) is 5.13 Å². The van der Waals surface area contributed by atoms with Gasteiger partial charge in [0.25, 0.3) is 0 Å². The Kier molecular flexibility index (Phi) is 5.89. The highest BCUT2D eigenvalue weighted by molar-refractivity contribution is 7.71. The third kappa shape index (κ3) is 4.47. The van der Waals surface area contributed by atoms with Gasteiger partial charge in [-0.2, -0.15) is 5.10 Å². The molecule has 1 N–H and O–H groups in total. The van der Waals surface area contributed by atoms with E-state index in [0.29, 0.717) is 23.1 Å². The first-order valence-corrected chi connectivity index (χ1v) is 10.9. The number of carbonyl (C=O) groups excluding carboxylic acids is 1. The second kappa shape index (κ2) is 8.56. The quantitative estimate of drug-likeness (QED) is 0.627. The molecule has 1 aliphatic rings. The van der Waals surface area contributed by atoms with Gasteiger partial charge >= 0.3 is 0 Å². The largest absolute Gasteiger partial charge is 0.302 e. The van der Waals surface area contributed by atoms with Gasteiger partial charge in [-0.3, -0.25) is 14.3 Å². The maximum Gasteiger partial charge on any atom is 0.230 e. The highest BCUT2D eigenvalue weighted by Crippen LogP contribution is 2.21. The summed E-state index contributed by atoms with van der Waals surface area (Å²) in [6, 6.07) is 6.30. The number of rotatable bonds is 5.